The monoisotopic (exact) mass is 1190 g/mol. The summed E-state index contributed by atoms with van der Waals surface area (Å²) in [5, 5.41) is 3.04. The quantitative estimate of drug-likeness (QED) is 0.0212. The van der Waals surface area contributed by atoms with Gasteiger partial charge >= 0.3 is 5.97 Å². The van der Waals surface area contributed by atoms with Gasteiger partial charge in [0.2, 0.25) is 5.91 Å². The van der Waals surface area contributed by atoms with Crippen molar-refractivity contribution < 1.29 is 37.3 Å². The first-order chi connectivity index (χ1) is 40.9. The molecule has 9 nitrogen and oxygen atoms in total. The van der Waals surface area contributed by atoms with Crippen LogP contribution in [0.4, 0.5) is 0 Å². The van der Waals surface area contributed by atoms with Gasteiger partial charge in [-0.15, -0.1) is 0 Å². The fraction of sp³-hybridized carbons (Fsp3) is 0.730. The largest absolute Gasteiger partial charge is 0.756 e. The van der Waals surface area contributed by atoms with Crippen LogP contribution in [-0.2, 0) is 27.9 Å². The summed E-state index contributed by atoms with van der Waals surface area (Å²) < 4.78 is 30.4. The van der Waals surface area contributed by atoms with Crippen LogP contribution in [0.3, 0.4) is 0 Å². The Bertz CT molecular complexity index is 1810. The lowest BCUT2D eigenvalue weighted by Gasteiger charge is -2.30. The standard InChI is InChI=1S/C74H131N2O7P/c1-7-10-13-16-19-22-25-28-30-32-34-36-38-40-42-44-46-48-51-54-57-60-63-66-73(77)75-71(70-82-84(79,80)81-69-68-76(4,5)6)72(65-62-59-56-53-50-27-24-21-18-15-12-9-3)83-74(78)67-64-61-58-55-52-49-47-45-43-41-39-37-35-33-31-29-26-23-20-17-14-11-8-2/h11,14,19-20,22-23,28-31,34-37,41,43,62,65,71-72H,7-10,12-13,15-18,21,24-27,32-33,38-40,42,44-61,63-64,66-70H2,1-6H3,(H-,75,77,79,80)/b14-11-,22-19-,23-20-,30-28-,31-29-,36-34-,37-35-,43-41-,65-62+. The van der Waals surface area contributed by atoms with E-state index < -0.39 is 26.6 Å². The maximum atomic E-state index is 13.6. The molecule has 0 fully saturated rings. The number of hydrogen-bond donors (Lipinski definition) is 1. The van der Waals surface area contributed by atoms with Crippen LogP contribution in [0.15, 0.2) is 109 Å². The van der Waals surface area contributed by atoms with Gasteiger partial charge in [-0.3, -0.25) is 14.2 Å². The molecule has 0 radical (unpaired) electrons. The topological polar surface area (TPSA) is 114 Å². The number of amides is 1. The van der Waals surface area contributed by atoms with Crippen LogP contribution in [0.1, 0.15) is 297 Å². The SMILES string of the molecule is CC/C=C\C/C=C\C/C=C\C/C=C\C/C=C\CCCCCCCCCC(=O)OC(/C=C/CCCCCCCCCCCC)C(COP(=O)([O-])OCC[N+](C)(C)C)NC(=O)CCCCCCCCCCCC/C=C\C/C=C\C/C=C\CCCCC. The molecule has 0 spiro atoms. The van der Waals surface area contributed by atoms with E-state index in [-0.39, 0.29) is 24.9 Å². The Balaban J connectivity index is 5.15. The average molecular weight is 1190 g/mol. The van der Waals surface area contributed by atoms with Crippen LogP contribution >= 0.6 is 7.82 Å². The van der Waals surface area contributed by atoms with E-state index in [9.17, 15) is 19.0 Å². The van der Waals surface area contributed by atoms with Crippen LogP contribution in [0, 0.1) is 0 Å². The highest BCUT2D eigenvalue weighted by Gasteiger charge is 2.27. The van der Waals surface area contributed by atoms with Gasteiger partial charge in [-0.25, -0.2) is 0 Å². The number of carbonyl (C=O) groups excluding carboxylic acids is 2. The van der Waals surface area contributed by atoms with E-state index in [1.807, 2.05) is 33.3 Å². The molecule has 1 N–H and O–H groups in total. The first-order valence-corrected chi connectivity index (χ1v) is 36.2. The molecule has 0 aliphatic carbocycles. The molecule has 0 rings (SSSR count). The lowest BCUT2D eigenvalue weighted by molar-refractivity contribution is -0.870. The molecule has 3 unspecified atom stereocenters. The highest BCUT2D eigenvalue weighted by Crippen LogP contribution is 2.38. The minimum absolute atomic E-state index is 0.0298. The van der Waals surface area contributed by atoms with Gasteiger partial charge in [0.05, 0.1) is 33.8 Å². The molecule has 0 aromatic heterocycles. The van der Waals surface area contributed by atoms with E-state index in [0.29, 0.717) is 23.9 Å². The molecule has 0 saturated heterocycles. The van der Waals surface area contributed by atoms with Crippen molar-refractivity contribution >= 4 is 19.7 Å². The number of unbranched alkanes of at least 4 members (excludes halogenated alkanes) is 30. The van der Waals surface area contributed by atoms with Crippen LogP contribution < -0.4 is 10.2 Å². The zero-order chi connectivity index (χ0) is 61.4. The van der Waals surface area contributed by atoms with Crippen LogP contribution in [0.5, 0.6) is 0 Å². The summed E-state index contributed by atoms with van der Waals surface area (Å²) in [6.07, 6.45) is 86.3. The summed E-state index contributed by atoms with van der Waals surface area (Å²) in [5.41, 5.74) is 0. The summed E-state index contributed by atoms with van der Waals surface area (Å²) in [4.78, 5) is 40.2. The Kier molecular flexibility index (Phi) is 60.2. The number of nitrogens with zero attached hydrogens (tertiary/aromatic N) is 1. The van der Waals surface area contributed by atoms with Gasteiger partial charge in [0.15, 0.2) is 0 Å². The van der Waals surface area contributed by atoms with Gasteiger partial charge in [0.25, 0.3) is 7.82 Å². The third-order valence-corrected chi connectivity index (χ3v) is 15.9. The summed E-state index contributed by atoms with van der Waals surface area (Å²) in [6.45, 7) is 6.70. The maximum Gasteiger partial charge on any atom is 0.306 e. The molecular weight excluding hydrogens is 1060 g/mol. The predicted molar refractivity (Wildman–Crippen MR) is 362 cm³/mol. The van der Waals surface area contributed by atoms with Gasteiger partial charge in [-0.05, 0) is 115 Å². The molecule has 0 saturated carbocycles. The molecule has 0 aromatic carbocycles. The molecule has 3 atom stereocenters. The van der Waals surface area contributed by atoms with Crippen LogP contribution in [0.25, 0.3) is 0 Å². The number of phosphoric acid groups is 1. The maximum absolute atomic E-state index is 13.6. The van der Waals surface area contributed by atoms with Crippen molar-refractivity contribution in [2.24, 2.45) is 0 Å². The Morgan fingerprint density at radius 1 is 0.429 bits per heavy atom. The second-order valence-corrected chi connectivity index (χ2v) is 25.7. The smallest absolute Gasteiger partial charge is 0.306 e. The lowest BCUT2D eigenvalue weighted by atomic mass is 10.0. The lowest BCUT2D eigenvalue weighted by Crippen LogP contribution is -2.47. The molecule has 0 bridgehead atoms. The van der Waals surface area contributed by atoms with Crippen molar-refractivity contribution in [1.29, 1.82) is 0 Å². The Morgan fingerprint density at radius 3 is 1.17 bits per heavy atom. The molecule has 0 aliphatic rings. The van der Waals surface area contributed by atoms with Crippen molar-refractivity contribution in [1.82, 2.24) is 5.32 Å². The molecule has 0 aromatic rings. The van der Waals surface area contributed by atoms with Crippen molar-refractivity contribution in [3.63, 3.8) is 0 Å². The van der Waals surface area contributed by atoms with E-state index in [1.54, 1.807) is 0 Å². The van der Waals surface area contributed by atoms with Crippen LogP contribution in [-0.4, -0.2) is 69.4 Å². The number of esters is 1. The molecule has 1 amide bonds. The Morgan fingerprint density at radius 2 is 0.762 bits per heavy atom. The summed E-state index contributed by atoms with van der Waals surface area (Å²) >= 11 is 0. The normalized spacial score (nSPS) is 14.2. The zero-order valence-electron chi connectivity index (χ0n) is 55.3. The van der Waals surface area contributed by atoms with Crippen LogP contribution in [0.2, 0.25) is 0 Å². The third kappa shape index (κ3) is 63.2. The van der Waals surface area contributed by atoms with Gasteiger partial charge in [0, 0.05) is 12.8 Å². The van der Waals surface area contributed by atoms with E-state index in [2.05, 4.69) is 123 Å². The van der Waals surface area contributed by atoms with E-state index in [1.165, 1.54) is 135 Å². The number of rotatable bonds is 62. The van der Waals surface area contributed by atoms with Crippen molar-refractivity contribution in [2.45, 2.75) is 309 Å². The fourth-order valence-electron chi connectivity index (χ4n) is 9.62. The van der Waals surface area contributed by atoms with E-state index in [0.717, 1.165) is 122 Å². The van der Waals surface area contributed by atoms with Gasteiger partial charge in [-0.2, -0.15) is 0 Å². The minimum Gasteiger partial charge on any atom is -0.756 e. The molecule has 0 heterocycles. The highest BCUT2D eigenvalue weighted by atomic mass is 31.2. The van der Waals surface area contributed by atoms with E-state index in [4.69, 9.17) is 13.8 Å². The van der Waals surface area contributed by atoms with Crippen molar-refractivity contribution in [2.75, 3.05) is 40.9 Å². The number of ether oxygens (including phenoxy) is 1. The van der Waals surface area contributed by atoms with E-state index >= 15 is 0 Å². The molecule has 0 aliphatic heterocycles. The zero-order valence-corrected chi connectivity index (χ0v) is 56.2. The summed E-state index contributed by atoms with van der Waals surface area (Å²) in [6, 6.07) is -0.903. The summed E-state index contributed by atoms with van der Waals surface area (Å²) in [7, 11) is 1.17. The second kappa shape index (κ2) is 62.7. The number of allylic oxidation sites excluding steroid dienone is 17. The average Bonchev–Trinajstić information content (AvgIpc) is 3.65. The number of carbonyl (C=O) groups is 2. The number of likely N-dealkylation sites (N-methyl/N-ethyl adjacent to an activating group) is 1. The molecule has 484 valence electrons. The highest BCUT2D eigenvalue weighted by molar-refractivity contribution is 7.45. The Hall–Kier alpha value is -3.33. The summed E-state index contributed by atoms with van der Waals surface area (Å²) in [5.74, 6) is -0.558. The first kappa shape index (κ1) is 80.7. The van der Waals surface area contributed by atoms with Crippen molar-refractivity contribution in [3.8, 4) is 0 Å². The number of nitrogens with one attached hydrogen (secondary N) is 1. The van der Waals surface area contributed by atoms with Gasteiger partial charge in [-0.1, -0.05) is 278 Å². The third-order valence-electron chi connectivity index (χ3n) is 14.9. The van der Waals surface area contributed by atoms with Gasteiger partial charge in [0.1, 0.15) is 19.3 Å². The second-order valence-electron chi connectivity index (χ2n) is 24.3. The molecular formula is C74H131N2O7P. The number of hydrogen-bond acceptors (Lipinski definition) is 7. The molecule has 10 heteroatoms. The predicted octanol–water partition coefficient (Wildman–Crippen LogP) is 21.4. The Labute approximate surface area is 519 Å². The first-order valence-electron chi connectivity index (χ1n) is 34.7. The number of quaternary nitrogens is 1. The number of phosphoric ester groups is 1. The molecule has 84 heavy (non-hydrogen) atoms. The fourth-order valence-corrected chi connectivity index (χ4v) is 10.3. The minimum atomic E-state index is -4.71. The van der Waals surface area contributed by atoms with Gasteiger partial charge < -0.3 is 28.5 Å². The van der Waals surface area contributed by atoms with Crippen molar-refractivity contribution in [3.05, 3.63) is 109 Å².